The topological polar surface area (TPSA) is 96.4 Å². The summed E-state index contributed by atoms with van der Waals surface area (Å²) in [5.74, 6) is -0.447. The molecule has 212 valence electrons. The highest BCUT2D eigenvalue weighted by atomic mass is 35.5. The zero-order valence-electron chi connectivity index (χ0n) is 23.1. The first kappa shape index (κ1) is 28.0. The summed E-state index contributed by atoms with van der Waals surface area (Å²) in [5, 5.41) is 14.7. The summed E-state index contributed by atoms with van der Waals surface area (Å²) in [6, 6.07) is 12.9. The van der Waals surface area contributed by atoms with Crippen LogP contribution in [0, 0.1) is 6.92 Å². The van der Waals surface area contributed by atoms with Crippen LogP contribution in [0.1, 0.15) is 43.4 Å². The van der Waals surface area contributed by atoms with Crippen LogP contribution in [0.25, 0.3) is 5.57 Å². The minimum Gasteiger partial charge on any atom is -0.356 e. The van der Waals surface area contributed by atoms with Gasteiger partial charge in [-0.05, 0) is 68.9 Å². The molecule has 1 unspecified atom stereocenters. The molecule has 10 heteroatoms. The van der Waals surface area contributed by atoms with Gasteiger partial charge in [-0.3, -0.25) is 14.5 Å². The molecule has 3 heterocycles. The molecule has 0 aromatic heterocycles. The summed E-state index contributed by atoms with van der Waals surface area (Å²) in [4.78, 5) is 46.3. The van der Waals surface area contributed by atoms with E-state index in [0.29, 0.717) is 48.6 Å². The van der Waals surface area contributed by atoms with E-state index in [1.165, 1.54) is 9.80 Å². The van der Waals surface area contributed by atoms with Crippen LogP contribution >= 0.6 is 11.6 Å². The number of rotatable bonds is 5. The first-order chi connectivity index (χ1) is 19.2. The van der Waals surface area contributed by atoms with Crippen LogP contribution in [-0.4, -0.2) is 87.2 Å². The number of anilines is 1. The maximum atomic E-state index is 13.4. The summed E-state index contributed by atoms with van der Waals surface area (Å²) in [6.45, 7) is 7.09. The highest BCUT2D eigenvalue weighted by Gasteiger charge is 2.38. The monoisotopic (exact) mass is 565 g/mol. The van der Waals surface area contributed by atoms with E-state index in [1.54, 1.807) is 23.2 Å². The molecule has 2 aromatic carbocycles. The third-order valence-corrected chi connectivity index (χ3v) is 8.55. The minimum absolute atomic E-state index is 0.0466. The number of aliphatic hydroxyl groups excluding tert-OH is 1. The SMILES string of the molecule is Cc1c(Cl)cccc1C1=CN(CC(=O)N2CCC(N3CCc4ccccc4NC3=O)CC2)C(O)N(C(C)C)C1=O. The molecule has 0 bridgehead atoms. The molecule has 0 saturated carbocycles. The maximum absolute atomic E-state index is 13.4. The fourth-order valence-corrected chi connectivity index (χ4v) is 6.00. The summed E-state index contributed by atoms with van der Waals surface area (Å²) in [7, 11) is 0. The van der Waals surface area contributed by atoms with Crippen molar-refractivity contribution in [1.82, 2.24) is 19.6 Å². The van der Waals surface area contributed by atoms with Crippen molar-refractivity contribution in [3.63, 3.8) is 0 Å². The fraction of sp³-hybridized carbons (Fsp3) is 0.433. The van der Waals surface area contributed by atoms with Crippen molar-refractivity contribution in [2.24, 2.45) is 0 Å². The lowest BCUT2D eigenvalue weighted by molar-refractivity contribution is -0.160. The number of carbonyl (C=O) groups excluding carboxylic acids is 3. The Morgan fingerprint density at radius 2 is 1.80 bits per heavy atom. The molecule has 9 nitrogen and oxygen atoms in total. The number of benzene rings is 2. The van der Waals surface area contributed by atoms with Crippen molar-refractivity contribution >= 4 is 40.7 Å². The number of nitrogens with zero attached hydrogens (tertiary/aromatic N) is 4. The zero-order valence-corrected chi connectivity index (χ0v) is 23.9. The van der Waals surface area contributed by atoms with E-state index in [2.05, 4.69) is 5.32 Å². The number of hydrogen-bond donors (Lipinski definition) is 2. The molecule has 1 fully saturated rings. The number of para-hydroxylation sites is 1. The van der Waals surface area contributed by atoms with E-state index in [-0.39, 0.29) is 36.5 Å². The number of halogens is 1. The van der Waals surface area contributed by atoms with Gasteiger partial charge in [-0.1, -0.05) is 41.9 Å². The molecular weight excluding hydrogens is 530 g/mol. The second-order valence-electron chi connectivity index (χ2n) is 10.9. The van der Waals surface area contributed by atoms with Crippen LogP contribution in [0.3, 0.4) is 0 Å². The number of amides is 4. The fourth-order valence-electron chi connectivity index (χ4n) is 5.83. The zero-order chi connectivity index (χ0) is 28.6. The minimum atomic E-state index is -1.26. The molecular formula is C30H36ClN5O4. The second kappa shape index (κ2) is 11.5. The maximum Gasteiger partial charge on any atom is 0.322 e. The Bertz CT molecular complexity index is 1340. The van der Waals surface area contributed by atoms with Gasteiger partial charge < -0.3 is 25.1 Å². The molecule has 4 amide bonds. The van der Waals surface area contributed by atoms with Crippen molar-refractivity contribution in [3.8, 4) is 0 Å². The normalized spacial score (nSPS) is 20.4. The number of urea groups is 1. The van der Waals surface area contributed by atoms with Gasteiger partial charge in [0.05, 0.1) is 5.57 Å². The highest BCUT2D eigenvalue weighted by molar-refractivity contribution is 6.32. The Morgan fingerprint density at radius 1 is 1.07 bits per heavy atom. The number of fused-ring (bicyclic) bond motifs is 1. The van der Waals surface area contributed by atoms with E-state index < -0.39 is 6.35 Å². The summed E-state index contributed by atoms with van der Waals surface area (Å²) in [5.41, 5.74) is 3.81. The first-order valence-electron chi connectivity index (χ1n) is 13.8. The van der Waals surface area contributed by atoms with E-state index in [4.69, 9.17) is 11.6 Å². The van der Waals surface area contributed by atoms with Crippen molar-refractivity contribution in [2.45, 2.75) is 58.5 Å². The molecule has 40 heavy (non-hydrogen) atoms. The van der Waals surface area contributed by atoms with Gasteiger partial charge in [0.1, 0.15) is 6.54 Å². The van der Waals surface area contributed by atoms with Gasteiger partial charge in [-0.15, -0.1) is 0 Å². The lowest BCUT2D eigenvalue weighted by atomic mass is 9.98. The Labute approximate surface area is 240 Å². The van der Waals surface area contributed by atoms with Gasteiger partial charge >= 0.3 is 6.03 Å². The standard InChI is InChI=1S/C30H36ClN5O4/c1-19(2)36-28(38)24(23-8-6-9-25(31)20(23)3)17-34(30(36)40)18-27(37)33-14-12-22(13-15-33)35-16-11-21-7-4-5-10-26(21)32-29(35)39/h4-10,17,19,22,30,40H,11-16,18H2,1-3H3,(H,32,39). The highest BCUT2D eigenvalue weighted by Crippen LogP contribution is 2.32. The molecule has 3 aliphatic rings. The predicted molar refractivity (Wildman–Crippen MR) is 154 cm³/mol. The quantitative estimate of drug-likeness (QED) is 0.573. The van der Waals surface area contributed by atoms with Gasteiger partial charge in [-0.25, -0.2) is 4.79 Å². The number of aliphatic hydroxyl groups is 1. The van der Waals surface area contributed by atoms with Crippen LogP contribution in [-0.2, 0) is 16.0 Å². The van der Waals surface area contributed by atoms with Crippen LogP contribution < -0.4 is 5.32 Å². The molecule has 5 rings (SSSR count). The average molecular weight is 566 g/mol. The number of nitrogens with one attached hydrogen (secondary N) is 1. The Morgan fingerprint density at radius 3 is 2.52 bits per heavy atom. The molecule has 0 aliphatic carbocycles. The predicted octanol–water partition coefficient (Wildman–Crippen LogP) is 3.90. The smallest absolute Gasteiger partial charge is 0.322 e. The van der Waals surface area contributed by atoms with Crippen LogP contribution in [0.4, 0.5) is 10.5 Å². The van der Waals surface area contributed by atoms with Crippen molar-refractivity contribution < 1.29 is 19.5 Å². The van der Waals surface area contributed by atoms with Gasteiger partial charge in [0.25, 0.3) is 5.91 Å². The average Bonchev–Trinajstić information content (AvgIpc) is 3.10. The van der Waals surface area contributed by atoms with Crippen molar-refractivity contribution in [2.75, 3.05) is 31.5 Å². The number of hydrogen-bond acceptors (Lipinski definition) is 5. The third-order valence-electron chi connectivity index (χ3n) is 8.14. The third kappa shape index (κ3) is 5.40. The van der Waals surface area contributed by atoms with E-state index in [0.717, 1.165) is 23.2 Å². The van der Waals surface area contributed by atoms with E-state index >= 15 is 0 Å². The molecule has 2 N–H and O–H groups in total. The molecule has 1 atom stereocenters. The Hall–Kier alpha value is -3.56. The van der Waals surface area contributed by atoms with E-state index in [9.17, 15) is 19.5 Å². The molecule has 2 aromatic rings. The van der Waals surface area contributed by atoms with Crippen LogP contribution in [0.5, 0.6) is 0 Å². The number of likely N-dealkylation sites (tertiary alicyclic amines) is 1. The summed E-state index contributed by atoms with van der Waals surface area (Å²) in [6.07, 6.45) is 2.45. The number of piperidine rings is 1. The summed E-state index contributed by atoms with van der Waals surface area (Å²) < 4.78 is 0. The lowest BCUT2D eigenvalue weighted by Gasteiger charge is -2.43. The molecule has 3 aliphatic heterocycles. The van der Waals surface area contributed by atoms with Gasteiger partial charge in [-0.2, -0.15) is 0 Å². The molecule has 0 spiro atoms. The first-order valence-corrected chi connectivity index (χ1v) is 14.2. The molecule has 1 saturated heterocycles. The van der Waals surface area contributed by atoms with Gasteiger partial charge in [0, 0.05) is 48.6 Å². The number of carbonyl (C=O) groups is 3. The van der Waals surface area contributed by atoms with Gasteiger partial charge in [0.2, 0.25) is 12.3 Å². The largest absolute Gasteiger partial charge is 0.356 e. The Kier molecular flexibility index (Phi) is 8.05. The summed E-state index contributed by atoms with van der Waals surface area (Å²) >= 11 is 6.34. The van der Waals surface area contributed by atoms with E-state index in [1.807, 2.05) is 56.0 Å². The van der Waals surface area contributed by atoms with Gasteiger partial charge in [0.15, 0.2) is 0 Å². The lowest BCUT2D eigenvalue weighted by Crippen LogP contribution is -2.58. The van der Waals surface area contributed by atoms with Crippen molar-refractivity contribution in [3.05, 3.63) is 70.4 Å². The van der Waals surface area contributed by atoms with Crippen LogP contribution in [0.2, 0.25) is 5.02 Å². The Balaban J connectivity index is 1.27. The van der Waals surface area contributed by atoms with Crippen molar-refractivity contribution in [1.29, 1.82) is 0 Å². The molecule has 0 radical (unpaired) electrons. The van der Waals surface area contributed by atoms with Crippen LogP contribution in [0.15, 0.2) is 48.7 Å². The second-order valence-corrected chi connectivity index (χ2v) is 11.3.